The van der Waals surface area contributed by atoms with Crippen molar-refractivity contribution in [3.05, 3.63) is 196 Å². The molecule has 0 amide bonds. The molecule has 4 aliphatic carbocycles. The summed E-state index contributed by atoms with van der Waals surface area (Å²) in [5.74, 6) is 1.84. The van der Waals surface area contributed by atoms with Crippen LogP contribution >= 0.6 is 0 Å². The van der Waals surface area contributed by atoms with Gasteiger partial charge in [-0.3, -0.25) is 0 Å². The van der Waals surface area contributed by atoms with Crippen molar-refractivity contribution in [3.8, 4) is 5.75 Å². The van der Waals surface area contributed by atoms with E-state index in [9.17, 15) is 0 Å². The number of hydrogen-bond acceptors (Lipinski definition) is 1. The molecule has 1 heteroatoms. The molecule has 2 aromatic rings. The van der Waals surface area contributed by atoms with Crippen molar-refractivity contribution in [1.29, 1.82) is 0 Å². The molecule has 0 fully saturated rings. The Balaban J connectivity index is 0.000000209. The van der Waals surface area contributed by atoms with Crippen LogP contribution < -0.4 is 4.74 Å². The zero-order valence-electron chi connectivity index (χ0n) is 34.8. The van der Waals surface area contributed by atoms with Crippen LogP contribution in [-0.4, -0.2) is 6.61 Å². The fraction of sp³-hybridized carbons (Fsp3) is 0.333. The van der Waals surface area contributed by atoms with Gasteiger partial charge in [0.15, 0.2) is 0 Å². The summed E-state index contributed by atoms with van der Waals surface area (Å²) in [5, 5.41) is 0. The van der Waals surface area contributed by atoms with Crippen molar-refractivity contribution < 1.29 is 4.74 Å². The molecule has 0 saturated heterocycles. The van der Waals surface area contributed by atoms with Gasteiger partial charge >= 0.3 is 0 Å². The molecular formula is C54H66O. The first-order valence-corrected chi connectivity index (χ1v) is 20.5. The number of allylic oxidation sites excluding steroid dienone is 15. The Morgan fingerprint density at radius 1 is 0.727 bits per heavy atom. The highest BCUT2D eigenvalue weighted by Crippen LogP contribution is 2.38. The Kier molecular flexibility index (Phi) is 16.6. The first-order valence-electron chi connectivity index (χ1n) is 20.5. The van der Waals surface area contributed by atoms with E-state index in [1.807, 2.05) is 13.0 Å². The van der Waals surface area contributed by atoms with Gasteiger partial charge < -0.3 is 4.74 Å². The van der Waals surface area contributed by atoms with Crippen LogP contribution in [0.1, 0.15) is 114 Å². The number of fused-ring (bicyclic) bond motifs is 2. The smallest absolute Gasteiger partial charge is 0.120 e. The lowest BCUT2D eigenvalue weighted by Crippen LogP contribution is -2.07. The van der Waals surface area contributed by atoms with Gasteiger partial charge in [0.25, 0.3) is 0 Å². The van der Waals surface area contributed by atoms with Gasteiger partial charge in [0.1, 0.15) is 12.4 Å². The average molecular weight is 731 g/mol. The summed E-state index contributed by atoms with van der Waals surface area (Å²) in [5.41, 5.74) is 18.4. The van der Waals surface area contributed by atoms with Crippen LogP contribution in [0.15, 0.2) is 168 Å². The van der Waals surface area contributed by atoms with Crippen LogP contribution in [0.2, 0.25) is 0 Å². The minimum Gasteiger partial charge on any atom is -0.489 e. The molecule has 0 aromatic heterocycles. The van der Waals surface area contributed by atoms with E-state index in [4.69, 9.17) is 4.74 Å². The Morgan fingerprint density at radius 2 is 1.27 bits per heavy atom. The SMILES string of the molecule is C=C(C)CCc1ccc2c(c1)CC(=C)C(C(=C)C1=CC=CCC1)=C2.C=C(C)COc1ccc2c(c1)CC(=C)C(C(=C)C1=CC=CCC1)=C2.CCCC(C)CC. The average Bonchev–Trinajstić information content (AvgIpc) is 3.19. The summed E-state index contributed by atoms with van der Waals surface area (Å²) in [6.45, 7) is 36.6. The number of rotatable bonds is 13. The van der Waals surface area contributed by atoms with E-state index in [1.54, 1.807) is 0 Å². The molecule has 2 aromatic carbocycles. The minimum atomic E-state index is 0.555. The molecule has 0 spiro atoms. The predicted molar refractivity (Wildman–Crippen MR) is 244 cm³/mol. The van der Waals surface area contributed by atoms with E-state index in [0.29, 0.717) is 6.61 Å². The summed E-state index contributed by atoms with van der Waals surface area (Å²) < 4.78 is 5.75. The zero-order chi connectivity index (χ0) is 39.9. The lowest BCUT2D eigenvalue weighted by molar-refractivity contribution is 0.352. The highest BCUT2D eigenvalue weighted by molar-refractivity contribution is 5.75. The molecule has 0 bridgehead atoms. The number of ether oxygens (including phenoxy) is 1. The summed E-state index contributed by atoms with van der Waals surface area (Å²) in [4.78, 5) is 0. The molecule has 0 radical (unpaired) electrons. The Labute approximate surface area is 335 Å². The van der Waals surface area contributed by atoms with Gasteiger partial charge in [0, 0.05) is 0 Å². The van der Waals surface area contributed by atoms with Gasteiger partial charge in [0.2, 0.25) is 0 Å². The van der Waals surface area contributed by atoms with Crippen molar-refractivity contribution in [1.82, 2.24) is 0 Å². The first kappa shape index (κ1) is 42.9. The van der Waals surface area contributed by atoms with E-state index in [1.165, 1.54) is 80.5 Å². The summed E-state index contributed by atoms with van der Waals surface area (Å²) in [7, 11) is 0. The maximum absolute atomic E-state index is 5.75. The maximum atomic E-state index is 5.75. The number of benzene rings is 2. The molecule has 1 nitrogen and oxygen atoms in total. The third-order valence-electron chi connectivity index (χ3n) is 10.7. The van der Waals surface area contributed by atoms with Crippen molar-refractivity contribution in [3.63, 3.8) is 0 Å². The molecule has 288 valence electrons. The van der Waals surface area contributed by atoms with Gasteiger partial charge in [-0.05, 0) is 173 Å². The predicted octanol–water partition coefficient (Wildman–Crippen LogP) is 15.3. The molecule has 0 heterocycles. The van der Waals surface area contributed by atoms with E-state index in [2.05, 4.69) is 146 Å². The topological polar surface area (TPSA) is 9.23 Å². The monoisotopic (exact) mass is 731 g/mol. The fourth-order valence-electron chi connectivity index (χ4n) is 7.16. The van der Waals surface area contributed by atoms with E-state index >= 15 is 0 Å². The van der Waals surface area contributed by atoms with E-state index in [-0.39, 0.29) is 0 Å². The Hall–Kier alpha value is -4.88. The van der Waals surface area contributed by atoms with Crippen molar-refractivity contribution in [2.75, 3.05) is 6.61 Å². The van der Waals surface area contributed by atoms with E-state index < -0.39 is 0 Å². The van der Waals surface area contributed by atoms with Crippen LogP contribution in [0.5, 0.6) is 5.75 Å². The largest absolute Gasteiger partial charge is 0.489 e. The third kappa shape index (κ3) is 12.9. The quantitative estimate of drug-likeness (QED) is 0.187. The minimum absolute atomic E-state index is 0.555. The standard InChI is InChI=1S/C24H26.C23H24O.C7H16/c1-17(2)10-11-20-12-13-22-16-24(18(3)14-23(22)15-20)19(4)21-8-6-5-7-9-21;1-16(2)15-24-22-11-10-20-14-23(17(3)12-21(20)13-22)18(4)19-8-6-5-7-9-19;1-4-6-7(3)5-2/h5-6,8,12-13,15-16H,1,3-4,7,9-11,14H2,2H3;5-6,8,10-11,13-14H,1,3-4,7,9,12,15H2,2H3;7H,4-6H2,1-3H3. The number of aryl methyl sites for hydroxylation is 1. The van der Waals surface area contributed by atoms with Gasteiger partial charge in [-0.2, -0.15) is 0 Å². The normalized spacial score (nSPS) is 15.9. The summed E-state index contributed by atoms with van der Waals surface area (Å²) >= 11 is 0. The van der Waals surface area contributed by atoms with Crippen molar-refractivity contribution in [2.24, 2.45) is 5.92 Å². The molecule has 0 saturated carbocycles. The highest BCUT2D eigenvalue weighted by atomic mass is 16.5. The lowest BCUT2D eigenvalue weighted by Gasteiger charge is -2.23. The Morgan fingerprint density at radius 3 is 1.73 bits per heavy atom. The first-order chi connectivity index (χ1) is 26.4. The lowest BCUT2D eigenvalue weighted by atomic mass is 9.81. The fourth-order valence-corrected chi connectivity index (χ4v) is 7.16. The van der Waals surface area contributed by atoms with Gasteiger partial charge in [-0.25, -0.2) is 0 Å². The molecule has 6 rings (SSSR count). The molecule has 0 N–H and O–H groups in total. The third-order valence-corrected chi connectivity index (χ3v) is 10.7. The highest BCUT2D eigenvalue weighted by Gasteiger charge is 2.20. The van der Waals surface area contributed by atoms with Crippen molar-refractivity contribution in [2.45, 2.75) is 105 Å². The van der Waals surface area contributed by atoms with Gasteiger partial charge in [-0.15, -0.1) is 6.58 Å². The van der Waals surface area contributed by atoms with Crippen LogP contribution in [0, 0.1) is 5.92 Å². The second-order valence-corrected chi connectivity index (χ2v) is 15.9. The zero-order valence-corrected chi connectivity index (χ0v) is 34.8. The maximum Gasteiger partial charge on any atom is 0.120 e. The Bertz CT molecular complexity index is 1830. The second kappa shape index (κ2) is 21.3. The molecule has 0 aliphatic heterocycles. The molecule has 1 atom stereocenters. The molecule has 55 heavy (non-hydrogen) atoms. The van der Waals surface area contributed by atoms with Crippen molar-refractivity contribution >= 4 is 12.2 Å². The van der Waals surface area contributed by atoms with E-state index in [0.717, 1.165) is 85.3 Å². The molecular weight excluding hydrogens is 665 g/mol. The van der Waals surface area contributed by atoms with Gasteiger partial charge in [-0.1, -0.05) is 139 Å². The summed E-state index contributed by atoms with van der Waals surface area (Å²) in [6, 6.07) is 13.1. The second-order valence-electron chi connectivity index (χ2n) is 15.9. The van der Waals surface area contributed by atoms with Gasteiger partial charge in [0.05, 0.1) is 0 Å². The summed E-state index contributed by atoms with van der Waals surface area (Å²) in [6.07, 6.45) is 29.8. The van der Waals surface area contributed by atoms with Crippen LogP contribution in [0.4, 0.5) is 0 Å². The molecule has 1 unspecified atom stereocenters. The number of hydrogen-bond donors (Lipinski definition) is 0. The van der Waals surface area contributed by atoms with Crippen LogP contribution in [0.25, 0.3) is 12.2 Å². The van der Waals surface area contributed by atoms with Crippen LogP contribution in [0.3, 0.4) is 0 Å². The van der Waals surface area contributed by atoms with Crippen LogP contribution in [-0.2, 0) is 19.3 Å². The molecule has 4 aliphatic rings.